The average molecular weight is 579 g/mol. The minimum Gasteiger partial charge on any atom is -0.431 e. The Bertz CT molecular complexity index is 1180. The molecule has 6 nitrogen and oxygen atoms in total. The van der Waals surface area contributed by atoms with Crippen molar-refractivity contribution in [1.82, 2.24) is 4.90 Å². The Morgan fingerprint density at radius 3 is 2.57 bits per heavy atom. The molecule has 4 aliphatic carbocycles. The first kappa shape index (κ1) is 30.1. The van der Waals surface area contributed by atoms with Crippen molar-refractivity contribution in [3.8, 4) is 0 Å². The van der Waals surface area contributed by atoms with E-state index in [0.29, 0.717) is 11.8 Å². The molecule has 2 heterocycles. The Morgan fingerprint density at radius 2 is 1.76 bits per heavy atom. The predicted molar refractivity (Wildman–Crippen MR) is 168 cm³/mol. The number of fused-ring (bicyclic) bond motifs is 5. The molecule has 42 heavy (non-hydrogen) atoms. The number of hydrogen-bond donors (Lipinski definition) is 1. The number of unbranched alkanes of at least 4 members (excludes halogenated alkanes) is 4. The first-order valence-electron chi connectivity index (χ1n) is 17.3. The van der Waals surface area contributed by atoms with Crippen LogP contribution in [0.5, 0.6) is 0 Å². The smallest absolute Gasteiger partial charge is 0.335 e. The molecule has 0 aromatic carbocycles. The number of nitrogens with zero attached hydrogens (tertiary/aromatic N) is 2. The summed E-state index contributed by atoms with van der Waals surface area (Å²) in [4.78, 5) is 20.0. The van der Waals surface area contributed by atoms with Crippen LogP contribution in [0.2, 0.25) is 0 Å². The van der Waals surface area contributed by atoms with Crippen LogP contribution in [0.15, 0.2) is 44.4 Å². The van der Waals surface area contributed by atoms with Crippen molar-refractivity contribution in [2.75, 3.05) is 26.2 Å². The average Bonchev–Trinajstić information content (AvgIpc) is 3.28. The largest absolute Gasteiger partial charge is 0.431 e. The van der Waals surface area contributed by atoms with Crippen LogP contribution in [0.3, 0.4) is 0 Å². The molecule has 3 saturated carbocycles. The Balaban J connectivity index is 1.00. The number of oxime groups is 1. The third-order valence-electron chi connectivity index (χ3n) is 12.6. The summed E-state index contributed by atoms with van der Waals surface area (Å²) < 4.78 is 5.24. The Kier molecular flexibility index (Phi) is 9.03. The van der Waals surface area contributed by atoms with Crippen LogP contribution >= 0.6 is 0 Å². The lowest BCUT2D eigenvalue weighted by Gasteiger charge is -2.61. The van der Waals surface area contributed by atoms with Gasteiger partial charge in [0.05, 0.1) is 17.6 Å². The van der Waals surface area contributed by atoms with Crippen molar-refractivity contribution in [3.63, 3.8) is 0 Å². The number of rotatable bonds is 10. The molecule has 0 radical (unpaired) electrons. The van der Waals surface area contributed by atoms with E-state index in [4.69, 9.17) is 9.25 Å². The second kappa shape index (κ2) is 12.6. The Labute approximate surface area is 253 Å². The van der Waals surface area contributed by atoms with Gasteiger partial charge in [-0.15, -0.1) is 0 Å². The minimum absolute atomic E-state index is 0.130. The van der Waals surface area contributed by atoms with Crippen molar-refractivity contribution in [2.45, 2.75) is 128 Å². The maximum atomic E-state index is 12.4. The summed E-state index contributed by atoms with van der Waals surface area (Å²) in [6.45, 7) is 9.39. The van der Waals surface area contributed by atoms with Crippen LogP contribution in [-0.2, 0) is 4.84 Å². The summed E-state index contributed by atoms with van der Waals surface area (Å²) in [5, 5.41) is 17.0. The third kappa shape index (κ3) is 5.67. The number of hydrogen-bond acceptors (Lipinski definition) is 6. The molecular formula is C36H54N2O4. The quantitative estimate of drug-likeness (QED) is 0.228. The highest BCUT2D eigenvalue weighted by atomic mass is 16.6. The standard InChI is InChI=1S/C36H54N2O4/c1-34-18-15-29(37-42-24-10-5-3-4-7-21-38-22-8-6-9-23-38)25-28(34)12-13-32-31(34)16-19-35(2)30(17-20-36(32,35)40)27-11-14-33(39)41-26-27/h11,14,25-26,30-32,40H,3-10,12-13,15-24H2,1-2H3/b37-29+/t30-,31?,32?,34+,35-,36+/m1/s1. The molecule has 1 saturated heterocycles. The van der Waals surface area contributed by atoms with Gasteiger partial charge in [0.25, 0.3) is 0 Å². The number of aliphatic hydroxyl groups is 1. The monoisotopic (exact) mass is 578 g/mol. The number of allylic oxidation sites excluding steroid dienone is 2. The molecule has 232 valence electrons. The maximum Gasteiger partial charge on any atom is 0.335 e. The zero-order valence-corrected chi connectivity index (χ0v) is 26.2. The summed E-state index contributed by atoms with van der Waals surface area (Å²) in [5.74, 6) is 1.05. The van der Waals surface area contributed by atoms with Crippen molar-refractivity contribution in [1.29, 1.82) is 0 Å². The van der Waals surface area contributed by atoms with Gasteiger partial charge < -0.3 is 19.3 Å². The Morgan fingerprint density at radius 1 is 0.952 bits per heavy atom. The van der Waals surface area contributed by atoms with Crippen molar-refractivity contribution < 1.29 is 14.4 Å². The van der Waals surface area contributed by atoms with Gasteiger partial charge >= 0.3 is 5.63 Å². The molecule has 6 rings (SSSR count). The molecule has 6 heteroatoms. The van der Waals surface area contributed by atoms with Crippen molar-refractivity contribution in [2.24, 2.45) is 27.8 Å². The zero-order chi connectivity index (χ0) is 29.2. The number of likely N-dealkylation sites (tertiary alicyclic amines) is 1. The van der Waals surface area contributed by atoms with Crippen LogP contribution in [0.25, 0.3) is 0 Å². The highest BCUT2D eigenvalue weighted by Crippen LogP contribution is 2.70. The van der Waals surface area contributed by atoms with Crippen LogP contribution in [0.4, 0.5) is 0 Å². The molecule has 0 spiro atoms. The van der Waals surface area contributed by atoms with Crippen molar-refractivity contribution >= 4 is 5.71 Å². The molecule has 0 bridgehead atoms. The summed E-state index contributed by atoms with van der Waals surface area (Å²) in [6.07, 6.45) is 22.6. The second-order valence-corrected chi connectivity index (χ2v) is 14.8. The summed E-state index contributed by atoms with van der Waals surface area (Å²) in [7, 11) is 0. The fourth-order valence-corrected chi connectivity index (χ4v) is 10.1. The SMILES string of the molecule is C[C@]12CC/C(=N\OCCCCCCCN3CCCCC3)C=C1CCC1C2CC[C@]2(C)[C@@H](c3ccc(=O)oc3)CC[C@]12O. The van der Waals surface area contributed by atoms with Crippen LogP contribution in [0, 0.1) is 22.7 Å². The van der Waals surface area contributed by atoms with Gasteiger partial charge in [-0.25, -0.2) is 4.79 Å². The zero-order valence-electron chi connectivity index (χ0n) is 26.2. The summed E-state index contributed by atoms with van der Waals surface area (Å²) >= 11 is 0. The third-order valence-corrected chi connectivity index (χ3v) is 12.6. The van der Waals surface area contributed by atoms with E-state index in [1.165, 1.54) is 76.2 Å². The summed E-state index contributed by atoms with van der Waals surface area (Å²) in [5.41, 5.74) is 2.67. The molecule has 1 N–H and O–H groups in total. The van der Waals surface area contributed by atoms with E-state index in [2.05, 4.69) is 30.0 Å². The van der Waals surface area contributed by atoms with Crippen LogP contribution in [0.1, 0.15) is 128 Å². The van der Waals surface area contributed by atoms with Crippen LogP contribution in [-0.4, -0.2) is 47.6 Å². The van der Waals surface area contributed by atoms with Gasteiger partial charge in [-0.3, -0.25) is 0 Å². The summed E-state index contributed by atoms with van der Waals surface area (Å²) in [6, 6.07) is 3.45. The van der Waals surface area contributed by atoms with Gasteiger partial charge in [0, 0.05) is 11.5 Å². The molecular weight excluding hydrogens is 524 g/mol. The van der Waals surface area contributed by atoms with E-state index >= 15 is 0 Å². The lowest BCUT2D eigenvalue weighted by molar-refractivity contribution is -0.176. The molecule has 2 unspecified atom stereocenters. The fraction of sp³-hybridized carbons (Fsp3) is 0.778. The van der Waals surface area contributed by atoms with Gasteiger partial charge in [0.15, 0.2) is 0 Å². The Hall–Kier alpha value is -1.92. The van der Waals surface area contributed by atoms with Gasteiger partial charge in [-0.1, -0.05) is 43.8 Å². The van der Waals surface area contributed by atoms with Gasteiger partial charge in [0.1, 0.15) is 6.61 Å². The van der Waals surface area contributed by atoms with Crippen molar-refractivity contribution in [3.05, 3.63) is 46.0 Å². The van der Waals surface area contributed by atoms with Gasteiger partial charge in [0.2, 0.25) is 0 Å². The molecule has 1 aromatic heterocycles. The first-order valence-corrected chi connectivity index (χ1v) is 17.3. The molecule has 6 atom stereocenters. The topological polar surface area (TPSA) is 75.3 Å². The van der Waals surface area contributed by atoms with Gasteiger partial charge in [-0.2, -0.15) is 0 Å². The predicted octanol–water partition coefficient (Wildman–Crippen LogP) is 7.61. The van der Waals surface area contributed by atoms with E-state index in [9.17, 15) is 9.90 Å². The molecule has 1 aromatic rings. The minimum atomic E-state index is -0.670. The molecule has 1 aliphatic heterocycles. The number of piperidine rings is 1. The van der Waals surface area contributed by atoms with E-state index in [1.807, 2.05) is 6.07 Å². The molecule has 5 aliphatic rings. The fourth-order valence-electron chi connectivity index (χ4n) is 10.1. The lowest BCUT2D eigenvalue weighted by Crippen LogP contribution is -2.60. The van der Waals surface area contributed by atoms with E-state index < -0.39 is 5.60 Å². The normalized spacial score (nSPS) is 37.5. The van der Waals surface area contributed by atoms with E-state index in [-0.39, 0.29) is 22.4 Å². The van der Waals surface area contributed by atoms with E-state index in [1.54, 1.807) is 6.26 Å². The van der Waals surface area contributed by atoms with Gasteiger partial charge in [-0.05, 0) is 144 Å². The maximum absolute atomic E-state index is 12.4. The molecule has 0 amide bonds. The second-order valence-electron chi connectivity index (χ2n) is 14.8. The molecule has 4 fully saturated rings. The highest BCUT2D eigenvalue weighted by Gasteiger charge is 2.66. The van der Waals surface area contributed by atoms with E-state index in [0.717, 1.165) is 75.7 Å². The van der Waals surface area contributed by atoms with Crippen LogP contribution < -0.4 is 5.63 Å². The lowest BCUT2D eigenvalue weighted by atomic mass is 9.45. The first-order chi connectivity index (χ1) is 20.3. The highest BCUT2D eigenvalue weighted by molar-refractivity contribution is 5.96.